The Balaban J connectivity index is 1.69. The molecule has 3 aromatic rings. The number of nitrogens with one attached hydrogen (secondary N) is 1. The Morgan fingerprint density at radius 2 is 2.20 bits per heavy atom. The molecule has 35 heavy (non-hydrogen) atoms. The topological polar surface area (TPSA) is 76.6 Å². The number of hydrogen-bond donors (Lipinski definition) is 1. The average molecular weight is 475 g/mol. The molecule has 7 nitrogen and oxygen atoms in total. The van der Waals surface area contributed by atoms with Gasteiger partial charge in [-0.05, 0) is 44.4 Å². The molecule has 2 heterocycles. The van der Waals surface area contributed by atoms with E-state index in [9.17, 15) is 9.18 Å². The minimum absolute atomic E-state index is 0.0396. The van der Waals surface area contributed by atoms with E-state index in [1.54, 1.807) is 18.2 Å². The molecular formula is C27H27FN4O3. The lowest BCUT2D eigenvalue weighted by atomic mass is 10.0. The lowest BCUT2D eigenvalue weighted by Crippen LogP contribution is -2.17. The number of benzene rings is 2. The Morgan fingerprint density at radius 1 is 1.34 bits per heavy atom. The fourth-order valence-corrected chi connectivity index (χ4v) is 3.75. The minimum Gasteiger partial charge on any atom is -0.488 e. The summed E-state index contributed by atoms with van der Waals surface area (Å²) in [5.41, 5.74) is 2.12. The molecule has 1 aliphatic rings. The SMILES string of the molecule is C#Cc1cc(Nc2ncnc3cc(O[C@H]4CCOC4)c(CC(=O)/C=C/CN(C)C)cc23)ccc1F. The van der Waals surface area contributed by atoms with E-state index in [4.69, 9.17) is 15.9 Å². The number of aromatic nitrogens is 2. The van der Waals surface area contributed by atoms with Crippen molar-refractivity contribution in [2.45, 2.75) is 18.9 Å². The highest BCUT2D eigenvalue weighted by atomic mass is 19.1. The average Bonchev–Trinajstić information content (AvgIpc) is 3.34. The number of hydrogen-bond acceptors (Lipinski definition) is 7. The normalized spacial score (nSPS) is 15.6. The van der Waals surface area contributed by atoms with Crippen LogP contribution in [0.1, 0.15) is 17.5 Å². The highest BCUT2D eigenvalue weighted by Gasteiger charge is 2.21. The maximum absolute atomic E-state index is 13.8. The van der Waals surface area contributed by atoms with Gasteiger partial charge < -0.3 is 19.7 Å². The number of nitrogens with zero attached hydrogens (tertiary/aromatic N) is 3. The van der Waals surface area contributed by atoms with E-state index in [1.807, 2.05) is 37.2 Å². The number of carbonyl (C=O) groups is 1. The van der Waals surface area contributed by atoms with Gasteiger partial charge >= 0.3 is 0 Å². The minimum atomic E-state index is -0.466. The second-order valence-corrected chi connectivity index (χ2v) is 8.57. The van der Waals surface area contributed by atoms with Gasteiger partial charge in [-0.1, -0.05) is 12.0 Å². The number of ketones is 1. The zero-order chi connectivity index (χ0) is 24.8. The van der Waals surface area contributed by atoms with Crippen LogP contribution in [0, 0.1) is 18.2 Å². The molecule has 0 unspecified atom stereocenters. The van der Waals surface area contributed by atoms with E-state index in [1.165, 1.54) is 12.4 Å². The summed E-state index contributed by atoms with van der Waals surface area (Å²) >= 11 is 0. The third kappa shape index (κ3) is 6.21. The predicted octanol–water partition coefficient (Wildman–Crippen LogP) is 3.89. The maximum Gasteiger partial charge on any atom is 0.159 e. The second-order valence-electron chi connectivity index (χ2n) is 8.57. The van der Waals surface area contributed by atoms with Gasteiger partial charge in [0.25, 0.3) is 0 Å². The molecule has 1 aliphatic heterocycles. The van der Waals surface area contributed by atoms with Gasteiger partial charge in [-0.25, -0.2) is 14.4 Å². The summed E-state index contributed by atoms with van der Waals surface area (Å²) in [6.07, 6.45) is 11.1. The zero-order valence-electron chi connectivity index (χ0n) is 19.8. The van der Waals surface area contributed by atoms with E-state index < -0.39 is 5.82 Å². The fourth-order valence-electron chi connectivity index (χ4n) is 3.75. The van der Waals surface area contributed by atoms with Crippen molar-refractivity contribution >= 4 is 28.2 Å². The number of allylic oxidation sites excluding steroid dienone is 1. The molecule has 1 atom stereocenters. The lowest BCUT2D eigenvalue weighted by molar-refractivity contribution is -0.114. The first-order valence-corrected chi connectivity index (χ1v) is 11.3. The maximum atomic E-state index is 13.8. The third-order valence-electron chi connectivity index (χ3n) is 5.52. The van der Waals surface area contributed by atoms with Crippen molar-refractivity contribution in [3.8, 4) is 18.1 Å². The molecule has 4 rings (SSSR count). The summed E-state index contributed by atoms with van der Waals surface area (Å²) in [4.78, 5) is 23.5. The van der Waals surface area contributed by atoms with Crippen LogP contribution in [0.2, 0.25) is 0 Å². The van der Waals surface area contributed by atoms with E-state index in [0.717, 1.165) is 12.0 Å². The Hall–Kier alpha value is -3.80. The van der Waals surface area contributed by atoms with E-state index in [2.05, 4.69) is 21.2 Å². The number of fused-ring (bicyclic) bond motifs is 1. The number of carbonyl (C=O) groups excluding carboxylic acids is 1. The van der Waals surface area contributed by atoms with Crippen LogP contribution in [0.4, 0.5) is 15.9 Å². The van der Waals surface area contributed by atoms with Gasteiger partial charge in [0.2, 0.25) is 0 Å². The molecule has 0 spiro atoms. The predicted molar refractivity (Wildman–Crippen MR) is 133 cm³/mol. The fraction of sp³-hybridized carbons (Fsp3) is 0.296. The van der Waals surface area contributed by atoms with Crippen LogP contribution in [0.3, 0.4) is 0 Å². The summed E-state index contributed by atoms with van der Waals surface area (Å²) < 4.78 is 25.5. The Labute approximate surface area is 204 Å². The number of rotatable bonds is 9. The molecule has 0 amide bonds. The standard InChI is InChI=1S/C27H27FN4O3/c1-4-18-12-20(7-8-24(18)28)31-27-23-14-19(13-21(33)6-5-10-32(2)3)26(15-25(23)29-17-30-27)35-22-9-11-34-16-22/h1,5-8,12,14-15,17,22H,9-11,13,16H2,2-3H3,(H,29,30,31)/b6-5+/t22-/m0/s1. The molecule has 0 bridgehead atoms. The molecular weight excluding hydrogens is 447 g/mol. The summed E-state index contributed by atoms with van der Waals surface area (Å²) in [5, 5.41) is 3.89. The van der Waals surface area contributed by atoms with Crippen molar-refractivity contribution in [3.63, 3.8) is 0 Å². The first-order valence-electron chi connectivity index (χ1n) is 11.3. The van der Waals surface area contributed by atoms with Gasteiger partial charge in [0.15, 0.2) is 5.78 Å². The molecule has 0 saturated carbocycles. The van der Waals surface area contributed by atoms with E-state index in [0.29, 0.717) is 47.9 Å². The van der Waals surface area contributed by atoms with Gasteiger partial charge in [-0.2, -0.15) is 0 Å². The van der Waals surface area contributed by atoms with Crippen LogP contribution in [-0.4, -0.2) is 60.6 Å². The molecule has 0 radical (unpaired) electrons. The quantitative estimate of drug-likeness (QED) is 0.372. The lowest BCUT2D eigenvalue weighted by Gasteiger charge is -2.17. The van der Waals surface area contributed by atoms with Gasteiger partial charge in [-0.15, -0.1) is 6.42 Å². The van der Waals surface area contributed by atoms with Gasteiger partial charge in [-0.3, -0.25) is 4.79 Å². The Morgan fingerprint density at radius 3 is 2.94 bits per heavy atom. The number of halogens is 1. The summed E-state index contributed by atoms with van der Waals surface area (Å²) in [6, 6.07) is 8.12. The molecule has 8 heteroatoms. The van der Waals surface area contributed by atoms with Crippen LogP contribution < -0.4 is 10.1 Å². The van der Waals surface area contributed by atoms with Gasteiger partial charge in [0.05, 0.1) is 24.3 Å². The van der Waals surface area contributed by atoms with E-state index >= 15 is 0 Å². The number of anilines is 2. The molecule has 1 fully saturated rings. The first-order chi connectivity index (χ1) is 16.9. The molecule has 1 saturated heterocycles. The van der Waals surface area contributed by atoms with Crippen molar-refractivity contribution in [2.24, 2.45) is 0 Å². The molecule has 2 aromatic carbocycles. The molecule has 180 valence electrons. The van der Waals surface area contributed by atoms with Crippen molar-refractivity contribution in [3.05, 3.63) is 65.8 Å². The van der Waals surface area contributed by atoms with Crippen molar-refractivity contribution < 1.29 is 18.7 Å². The number of ether oxygens (including phenoxy) is 2. The number of terminal acetylenes is 1. The largest absolute Gasteiger partial charge is 0.488 e. The summed E-state index contributed by atoms with van der Waals surface area (Å²) in [6.45, 7) is 1.83. The first kappa shape index (κ1) is 24.3. The summed E-state index contributed by atoms with van der Waals surface area (Å²) in [5.74, 6) is 2.94. The summed E-state index contributed by atoms with van der Waals surface area (Å²) in [7, 11) is 3.88. The highest BCUT2D eigenvalue weighted by Crippen LogP contribution is 2.32. The van der Waals surface area contributed by atoms with Crippen molar-refractivity contribution in [2.75, 3.05) is 39.2 Å². The second kappa shape index (κ2) is 11.1. The van der Waals surface area contributed by atoms with Gasteiger partial charge in [0.1, 0.15) is 29.8 Å². The van der Waals surface area contributed by atoms with Crippen LogP contribution >= 0.6 is 0 Å². The molecule has 1 aromatic heterocycles. The zero-order valence-corrected chi connectivity index (χ0v) is 19.8. The monoisotopic (exact) mass is 474 g/mol. The van der Waals surface area contributed by atoms with E-state index in [-0.39, 0.29) is 23.9 Å². The number of likely N-dealkylation sites (N-methyl/N-ethyl adjacent to an activating group) is 1. The van der Waals surface area contributed by atoms with Crippen LogP contribution in [-0.2, 0) is 16.0 Å². The van der Waals surface area contributed by atoms with Gasteiger partial charge in [0, 0.05) is 42.1 Å². The van der Waals surface area contributed by atoms with Crippen molar-refractivity contribution in [1.82, 2.24) is 14.9 Å². The van der Waals surface area contributed by atoms with Crippen LogP contribution in [0.5, 0.6) is 5.75 Å². The molecule has 1 N–H and O–H groups in total. The van der Waals surface area contributed by atoms with Crippen LogP contribution in [0.15, 0.2) is 48.8 Å². The highest BCUT2D eigenvalue weighted by molar-refractivity contribution is 5.96. The Bertz CT molecular complexity index is 1290. The third-order valence-corrected chi connectivity index (χ3v) is 5.52. The smallest absolute Gasteiger partial charge is 0.159 e. The Kier molecular flexibility index (Phi) is 7.70. The molecule has 0 aliphatic carbocycles. The van der Waals surface area contributed by atoms with Crippen molar-refractivity contribution in [1.29, 1.82) is 0 Å². The van der Waals surface area contributed by atoms with Crippen LogP contribution in [0.25, 0.3) is 10.9 Å².